The fourth-order valence-corrected chi connectivity index (χ4v) is 7.10. The smallest absolute Gasteiger partial charge is 0.416 e. The van der Waals surface area contributed by atoms with Crippen LogP contribution in [0.3, 0.4) is 0 Å². The molecule has 3 aliphatic rings. The van der Waals surface area contributed by atoms with Gasteiger partial charge in [0.25, 0.3) is 0 Å². The Morgan fingerprint density at radius 1 is 1.12 bits per heavy atom. The van der Waals surface area contributed by atoms with Crippen molar-refractivity contribution in [3.63, 3.8) is 0 Å². The lowest BCUT2D eigenvalue weighted by atomic mass is 9.74. The van der Waals surface area contributed by atoms with Crippen LogP contribution in [0.25, 0.3) is 0 Å². The molecule has 2 aliphatic heterocycles. The van der Waals surface area contributed by atoms with E-state index in [9.17, 15) is 27.9 Å². The SMILES string of the molecule is CC(C)[C@@]1(C(=O)N2COc3ccc(C(F)(F)F)cc3C2)CC[C@@H](N2CC[C@H](c3cccc(C(=O)O)c3)[C@H](C)C2)C1. The van der Waals surface area contributed by atoms with E-state index in [0.717, 1.165) is 50.0 Å². The summed E-state index contributed by atoms with van der Waals surface area (Å²) >= 11 is 0. The molecule has 2 aromatic carbocycles. The second-order valence-electron chi connectivity index (χ2n) is 12.1. The van der Waals surface area contributed by atoms with E-state index in [1.54, 1.807) is 17.0 Å². The van der Waals surface area contributed by atoms with Crippen molar-refractivity contribution in [1.82, 2.24) is 9.80 Å². The number of hydrogen-bond acceptors (Lipinski definition) is 4. The third-order valence-corrected chi connectivity index (χ3v) is 9.48. The summed E-state index contributed by atoms with van der Waals surface area (Å²) in [5.74, 6) is 0.114. The molecule has 1 saturated carbocycles. The third kappa shape index (κ3) is 5.32. The monoisotopic (exact) mass is 558 g/mol. The highest BCUT2D eigenvalue weighted by Crippen LogP contribution is 2.49. The fraction of sp³-hybridized carbons (Fsp3) is 0.548. The lowest BCUT2D eigenvalue weighted by Crippen LogP contribution is -2.49. The Morgan fingerprint density at radius 2 is 1.90 bits per heavy atom. The number of hydrogen-bond donors (Lipinski definition) is 1. The fourth-order valence-electron chi connectivity index (χ4n) is 7.10. The molecule has 216 valence electrons. The van der Waals surface area contributed by atoms with Gasteiger partial charge in [-0.1, -0.05) is 32.9 Å². The molecule has 5 rings (SSSR count). The Hall–Kier alpha value is -3.07. The Balaban J connectivity index is 1.28. The molecule has 0 spiro atoms. The van der Waals surface area contributed by atoms with E-state index in [1.165, 1.54) is 6.07 Å². The number of likely N-dealkylation sites (tertiary alicyclic amines) is 1. The lowest BCUT2D eigenvalue weighted by molar-refractivity contribution is -0.150. The Morgan fingerprint density at radius 3 is 2.58 bits per heavy atom. The molecule has 0 bridgehead atoms. The Labute approximate surface area is 233 Å². The molecule has 0 radical (unpaired) electrons. The van der Waals surface area contributed by atoms with Crippen LogP contribution in [-0.2, 0) is 17.5 Å². The molecule has 1 N–H and O–H groups in total. The van der Waals surface area contributed by atoms with Gasteiger partial charge in [0.15, 0.2) is 6.73 Å². The third-order valence-electron chi connectivity index (χ3n) is 9.48. The number of nitrogens with zero attached hydrogens (tertiary/aromatic N) is 2. The number of fused-ring (bicyclic) bond motifs is 1. The van der Waals surface area contributed by atoms with E-state index in [4.69, 9.17) is 4.74 Å². The van der Waals surface area contributed by atoms with Crippen LogP contribution in [0.5, 0.6) is 5.75 Å². The first kappa shape index (κ1) is 28.5. The highest BCUT2D eigenvalue weighted by Gasteiger charge is 2.51. The number of aromatic carboxylic acids is 1. The number of amides is 1. The number of carbonyl (C=O) groups is 2. The number of rotatable bonds is 5. The minimum absolute atomic E-state index is 0.0359. The van der Waals surface area contributed by atoms with Crippen molar-refractivity contribution in [2.45, 2.75) is 71.1 Å². The molecule has 1 amide bonds. The molecule has 1 saturated heterocycles. The topological polar surface area (TPSA) is 70.1 Å². The summed E-state index contributed by atoms with van der Waals surface area (Å²) < 4.78 is 45.6. The van der Waals surface area contributed by atoms with Crippen LogP contribution < -0.4 is 4.74 Å². The Bertz CT molecular complexity index is 1280. The normalized spacial score (nSPS) is 27.4. The van der Waals surface area contributed by atoms with Crippen LogP contribution in [0.2, 0.25) is 0 Å². The molecular formula is C31H37F3N2O4. The van der Waals surface area contributed by atoms with Crippen molar-refractivity contribution < 1.29 is 32.6 Å². The van der Waals surface area contributed by atoms with E-state index < -0.39 is 23.1 Å². The van der Waals surface area contributed by atoms with Crippen molar-refractivity contribution in [2.75, 3.05) is 19.8 Å². The van der Waals surface area contributed by atoms with E-state index in [1.807, 2.05) is 12.1 Å². The largest absolute Gasteiger partial charge is 0.478 e. The van der Waals surface area contributed by atoms with E-state index in [2.05, 4.69) is 25.7 Å². The maximum Gasteiger partial charge on any atom is 0.416 e. The number of piperidine rings is 1. The maximum atomic E-state index is 14.0. The highest BCUT2D eigenvalue weighted by atomic mass is 19.4. The number of carboxylic acid groups (broad SMARTS) is 1. The van der Waals surface area contributed by atoms with E-state index >= 15 is 0 Å². The number of benzene rings is 2. The van der Waals surface area contributed by atoms with Gasteiger partial charge in [-0.15, -0.1) is 0 Å². The average Bonchev–Trinajstić information content (AvgIpc) is 3.38. The van der Waals surface area contributed by atoms with Crippen LogP contribution in [-0.4, -0.2) is 52.6 Å². The van der Waals surface area contributed by atoms with Gasteiger partial charge in [0, 0.05) is 18.2 Å². The highest BCUT2D eigenvalue weighted by molar-refractivity contribution is 5.87. The predicted octanol–water partition coefficient (Wildman–Crippen LogP) is 6.40. The molecule has 40 heavy (non-hydrogen) atoms. The number of alkyl halides is 3. The average molecular weight is 559 g/mol. The zero-order valence-corrected chi connectivity index (χ0v) is 23.2. The first-order valence-corrected chi connectivity index (χ1v) is 14.1. The summed E-state index contributed by atoms with van der Waals surface area (Å²) in [5, 5.41) is 9.39. The molecule has 2 heterocycles. The summed E-state index contributed by atoms with van der Waals surface area (Å²) in [5.41, 5.74) is 0.413. The molecule has 2 fully saturated rings. The van der Waals surface area contributed by atoms with Gasteiger partial charge in [0.05, 0.1) is 23.1 Å². The zero-order chi connectivity index (χ0) is 28.8. The lowest BCUT2D eigenvalue weighted by Gasteiger charge is -2.42. The van der Waals surface area contributed by atoms with Crippen LogP contribution in [0, 0.1) is 17.3 Å². The quantitative estimate of drug-likeness (QED) is 0.460. The van der Waals surface area contributed by atoms with E-state index in [0.29, 0.717) is 29.2 Å². The van der Waals surface area contributed by atoms with Gasteiger partial charge < -0.3 is 19.6 Å². The van der Waals surface area contributed by atoms with Crippen molar-refractivity contribution in [1.29, 1.82) is 0 Å². The van der Waals surface area contributed by atoms with Crippen LogP contribution >= 0.6 is 0 Å². The summed E-state index contributed by atoms with van der Waals surface area (Å²) in [4.78, 5) is 29.5. The van der Waals surface area contributed by atoms with E-state index in [-0.39, 0.29) is 37.1 Å². The summed E-state index contributed by atoms with van der Waals surface area (Å²) in [6.07, 6.45) is -1.21. The minimum atomic E-state index is -4.46. The number of carboxylic acids is 1. The van der Waals surface area contributed by atoms with Gasteiger partial charge in [0.2, 0.25) is 5.91 Å². The number of ether oxygens (including phenoxy) is 1. The molecule has 0 unspecified atom stereocenters. The standard InChI is InChI=1S/C31H37F3N2O4/c1-19(2)30(29(39)36-17-23-14-24(31(32,33)34)7-8-27(23)40-18-36)11-9-25(15-30)35-12-10-26(20(3)16-35)21-5-4-6-22(13-21)28(37)38/h4-8,13-14,19-20,25-26H,9-12,15-18H2,1-3H3,(H,37,38)/t20-,25-,26+,30-/m1/s1. The zero-order valence-electron chi connectivity index (χ0n) is 23.2. The summed E-state index contributed by atoms with van der Waals surface area (Å²) in [6.45, 7) is 8.21. The van der Waals surface area contributed by atoms with Gasteiger partial charge >= 0.3 is 12.1 Å². The van der Waals surface area contributed by atoms with Gasteiger partial charge in [-0.3, -0.25) is 4.79 Å². The first-order valence-electron chi connectivity index (χ1n) is 14.1. The molecular weight excluding hydrogens is 521 g/mol. The maximum absolute atomic E-state index is 14.0. The molecule has 2 aromatic rings. The molecule has 6 nitrogen and oxygen atoms in total. The summed E-state index contributed by atoms with van der Waals surface area (Å²) in [7, 11) is 0. The molecule has 9 heteroatoms. The van der Waals surface area contributed by atoms with Crippen molar-refractivity contribution in [2.24, 2.45) is 17.3 Å². The molecule has 0 aromatic heterocycles. The van der Waals surface area contributed by atoms with Crippen molar-refractivity contribution in [3.05, 3.63) is 64.7 Å². The van der Waals surface area contributed by atoms with Crippen molar-refractivity contribution in [3.8, 4) is 5.75 Å². The second-order valence-corrected chi connectivity index (χ2v) is 12.1. The first-order chi connectivity index (χ1) is 18.9. The minimum Gasteiger partial charge on any atom is -0.478 e. The molecule has 1 aliphatic carbocycles. The van der Waals surface area contributed by atoms with Gasteiger partial charge in [-0.05, 0) is 85.9 Å². The van der Waals surface area contributed by atoms with Crippen LogP contribution in [0.15, 0.2) is 42.5 Å². The number of carbonyl (C=O) groups excluding carboxylic acids is 1. The molecule has 4 atom stereocenters. The van der Waals surface area contributed by atoms with Crippen molar-refractivity contribution >= 4 is 11.9 Å². The predicted molar refractivity (Wildman–Crippen MR) is 144 cm³/mol. The summed E-state index contributed by atoms with van der Waals surface area (Å²) in [6, 6.07) is 10.9. The van der Waals surface area contributed by atoms with Crippen LogP contribution in [0.1, 0.15) is 79.4 Å². The van der Waals surface area contributed by atoms with Gasteiger partial charge in [0.1, 0.15) is 5.75 Å². The van der Waals surface area contributed by atoms with Gasteiger partial charge in [-0.2, -0.15) is 13.2 Å². The van der Waals surface area contributed by atoms with Gasteiger partial charge in [-0.25, -0.2) is 4.79 Å². The Kier molecular flexibility index (Phi) is 7.63. The van der Waals surface area contributed by atoms with Crippen LogP contribution in [0.4, 0.5) is 13.2 Å². The second kappa shape index (κ2) is 10.7. The number of halogens is 3.